The highest BCUT2D eigenvalue weighted by Crippen LogP contribution is 2.31. The fraction of sp³-hybridized carbons (Fsp3) is 0.357. The molecule has 0 spiro atoms. The van der Waals surface area contributed by atoms with Gasteiger partial charge in [0.25, 0.3) is 5.69 Å². The molecule has 0 bridgehead atoms. The fourth-order valence-corrected chi connectivity index (χ4v) is 2.36. The summed E-state index contributed by atoms with van der Waals surface area (Å²) in [7, 11) is 0. The van der Waals surface area contributed by atoms with Gasteiger partial charge in [0.1, 0.15) is 5.69 Å². The van der Waals surface area contributed by atoms with Crippen LogP contribution in [-0.4, -0.2) is 29.1 Å². The van der Waals surface area contributed by atoms with Crippen molar-refractivity contribution in [3.05, 3.63) is 40.0 Å². The second-order valence-electron chi connectivity index (χ2n) is 4.72. The Kier molecular flexibility index (Phi) is 4.34. The highest BCUT2D eigenvalue weighted by Gasteiger charge is 2.21. The number of anilines is 1. The lowest BCUT2D eigenvalue weighted by molar-refractivity contribution is -0.384. The van der Waals surface area contributed by atoms with Crippen molar-refractivity contribution in [1.29, 1.82) is 0 Å². The summed E-state index contributed by atoms with van der Waals surface area (Å²) >= 11 is 0. The third-order valence-corrected chi connectivity index (χ3v) is 3.31. The maximum Gasteiger partial charge on any atom is 0.328 e. The number of aliphatic carboxylic acids is 1. The van der Waals surface area contributed by atoms with E-state index in [9.17, 15) is 14.9 Å². The average molecular weight is 276 g/mol. The van der Waals surface area contributed by atoms with E-state index >= 15 is 0 Å². The van der Waals surface area contributed by atoms with Crippen LogP contribution in [0.5, 0.6) is 0 Å². The third-order valence-electron chi connectivity index (χ3n) is 3.31. The Bertz CT molecular complexity index is 548. The lowest BCUT2D eigenvalue weighted by Crippen LogP contribution is -2.29. The van der Waals surface area contributed by atoms with Gasteiger partial charge in [0.15, 0.2) is 0 Å². The molecule has 0 atom stereocenters. The predicted octanol–water partition coefficient (Wildman–Crippen LogP) is 2.68. The number of carboxylic acid groups (broad SMARTS) is 1. The summed E-state index contributed by atoms with van der Waals surface area (Å²) in [4.78, 5) is 23.3. The maximum atomic E-state index is 11.2. The van der Waals surface area contributed by atoms with Crippen LogP contribution in [0.2, 0.25) is 0 Å². The molecule has 6 nitrogen and oxygen atoms in total. The Morgan fingerprint density at radius 2 is 2.00 bits per heavy atom. The topological polar surface area (TPSA) is 83.7 Å². The van der Waals surface area contributed by atoms with E-state index in [1.807, 2.05) is 4.90 Å². The van der Waals surface area contributed by atoms with Gasteiger partial charge in [-0.05, 0) is 37.0 Å². The number of benzene rings is 1. The minimum Gasteiger partial charge on any atom is -0.478 e. The van der Waals surface area contributed by atoms with Crippen molar-refractivity contribution in [2.24, 2.45) is 0 Å². The zero-order valence-electron chi connectivity index (χ0n) is 11.0. The summed E-state index contributed by atoms with van der Waals surface area (Å²) in [6.07, 6.45) is 5.56. The van der Waals surface area contributed by atoms with E-state index in [0.717, 1.165) is 38.4 Å². The van der Waals surface area contributed by atoms with Gasteiger partial charge in [-0.3, -0.25) is 10.1 Å². The fourth-order valence-electron chi connectivity index (χ4n) is 2.36. The van der Waals surface area contributed by atoms with Gasteiger partial charge >= 0.3 is 5.97 Å². The summed E-state index contributed by atoms with van der Waals surface area (Å²) < 4.78 is 0. The zero-order valence-corrected chi connectivity index (χ0v) is 11.0. The molecule has 1 saturated heterocycles. The molecule has 20 heavy (non-hydrogen) atoms. The summed E-state index contributed by atoms with van der Waals surface area (Å²) in [6, 6.07) is 4.82. The number of carbonyl (C=O) groups is 1. The van der Waals surface area contributed by atoms with Crippen molar-refractivity contribution >= 4 is 23.4 Å². The third kappa shape index (κ3) is 3.34. The van der Waals surface area contributed by atoms with Crippen LogP contribution >= 0.6 is 0 Å². The molecule has 6 heteroatoms. The summed E-state index contributed by atoms with van der Waals surface area (Å²) in [5.41, 5.74) is 1.15. The van der Waals surface area contributed by atoms with Crippen LogP contribution in [-0.2, 0) is 4.79 Å². The van der Waals surface area contributed by atoms with E-state index in [0.29, 0.717) is 11.3 Å². The van der Waals surface area contributed by atoms with Crippen LogP contribution in [0.25, 0.3) is 6.08 Å². The Balaban J connectivity index is 2.32. The first kappa shape index (κ1) is 14.0. The molecule has 0 saturated carbocycles. The Morgan fingerprint density at radius 1 is 1.30 bits per heavy atom. The maximum absolute atomic E-state index is 11.2. The standard InChI is InChI=1S/C14H16N2O4/c17-14(18)7-5-11-4-6-12(13(10-11)16(19)20)15-8-2-1-3-9-15/h4-7,10H,1-3,8-9H2,(H,17,18)/b7-5+. The van der Waals surface area contributed by atoms with Gasteiger partial charge in [0.05, 0.1) is 4.92 Å². The molecule has 1 N–H and O–H groups in total. The van der Waals surface area contributed by atoms with Crippen LogP contribution in [0.4, 0.5) is 11.4 Å². The van der Waals surface area contributed by atoms with Gasteiger partial charge in [-0.15, -0.1) is 0 Å². The van der Waals surface area contributed by atoms with Crippen LogP contribution in [0.3, 0.4) is 0 Å². The normalized spacial score (nSPS) is 15.5. The molecule has 0 unspecified atom stereocenters. The predicted molar refractivity (Wildman–Crippen MR) is 75.8 cm³/mol. The summed E-state index contributed by atoms with van der Waals surface area (Å²) in [5, 5.41) is 19.8. The van der Waals surface area contributed by atoms with Crippen molar-refractivity contribution in [2.75, 3.05) is 18.0 Å². The molecule has 106 valence electrons. The molecule has 0 aromatic heterocycles. The van der Waals surface area contributed by atoms with Gasteiger partial charge in [-0.2, -0.15) is 0 Å². The van der Waals surface area contributed by atoms with E-state index in [1.165, 1.54) is 12.1 Å². The number of carboxylic acids is 1. The number of piperidine rings is 1. The quantitative estimate of drug-likeness (QED) is 0.519. The van der Waals surface area contributed by atoms with E-state index < -0.39 is 10.9 Å². The van der Waals surface area contributed by atoms with E-state index in [-0.39, 0.29) is 5.69 Å². The monoisotopic (exact) mass is 276 g/mol. The van der Waals surface area contributed by atoms with Gasteiger partial charge < -0.3 is 10.0 Å². The molecule has 0 amide bonds. The highest BCUT2D eigenvalue weighted by molar-refractivity contribution is 5.85. The summed E-state index contributed by atoms with van der Waals surface area (Å²) in [5.74, 6) is -1.08. The largest absolute Gasteiger partial charge is 0.478 e. The van der Waals surface area contributed by atoms with Gasteiger partial charge in [0.2, 0.25) is 0 Å². The van der Waals surface area contributed by atoms with Crippen LogP contribution in [0.1, 0.15) is 24.8 Å². The first-order valence-electron chi connectivity index (χ1n) is 6.52. The first-order chi connectivity index (χ1) is 9.58. The molecule has 1 aliphatic rings. The van der Waals surface area contributed by atoms with E-state index in [1.54, 1.807) is 12.1 Å². The van der Waals surface area contributed by atoms with E-state index in [2.05, 4.69) is 0 Å². The first-order valence-corrected chi connectivity index (χ1v) is 6.52. The zero-order chi connectivity index (χ0) is 14.5. The SMILES string of the molecule is O=C(O)/C=C/c1ccc(N2CCCCC2)c([N+](=O)[O-])c1. The molecule has 0 aliphatic carbocycles. The van der Waals surface area contributed by atoms with Gasteiger partial charge in [0, 0.05) is 25.2 Å². The molecular weight excluding hydrogens is 260 g/mol. The lowest BCUT2D eigenvalue weighted by atomic mass is 10.1. The number of hydrogen-bond acceptors (Lipinski definition) is 4. The van der Waals surface area contributed by atoms with Crippen LogP contribution < -0.4 is 4.90 Å². The molecule has 1 aromatic carbocycles. The molecular formula is C14H16N2O4. The number of nitro benzene ring substituents is 1. The highest BCUT2D eigenvalue weighted by atomic mass is 16.6. The van der Waals surface area contributed by atoms with Crippen molar-refractivity contribution in [3.8, 4) is 0 Å². The Labute approximate surface area is 116 Å². The van der Waals surface area contributed by atoms with Crippen molar-refractivity contribution in [1.82, 2.24) is 0 Å². The van der Waals surface area contributed by atoms with E-state index in [4.69, 9.17) is 5.11 Å². The van der Waals surface area contributed by atoms with Crippen LogP contribution in [0.15, 0.2) is 24.3 Å². The van der Waals surface area contributed by atoms with Crippen molar-refractivity contribution < 1.29 is 14.8 Å². The minimum absolute atomic E-state index is 0.0273. The number of nitrogens with zero attached hydrogens (tertiary/aromatic N) is 2. The molecule has 1 aromatic rings. The molecule has 2 rings (SSSR count). The molecule has 1 fully saturated rings. The lowest BCUT2D eigenvalue weighted by Gasteiger charge is -2.28. The number of rotatable bonds is 4. The minimum atomic E-state index is -1.08. The smallest absolute Gasteiger partial charge is 0.328 e. The van der Waals surface area contributed by atoms with Crippen molar-refractivity contribution in [3.63, 3.8) is 0 Å². The molecule has 1 heterocycles. The Hall–Kier alpha value is -2.37. The van der Waals surface area contributed by atoms with Gasteiger partial charge in [-0.1, -0.05) is 6.07 Å². The molecule has 1 aliphatic heterocycles. The average Bonchev–Trinajstić information content (AvgIpc) is 2.45. The second-order valence-corrected chi connectivity index (χ2v) is 4.72. The Morgan fingerprint density at radius 3 is 2.60 bits per heavy atom. The second kappa shape index (κ2) is 6.18. The number of hydrogen-bond donors (Lipinski definition) is 1. The molecule has 0 radical (unpaired) electrons. The summed E-state index contributed by atoms with van der Waals surface area (Å²) in [6.45, 7) is 1.65. The van der Waals surface area contributed by atoms with Gasteiger partial charge in [-0.25, -0.2) is 4.79 Å². The van der Waals surface area contributed by atoms with Crippen LogP contribution in [0, 0.1) is 10.1 Å². The van der Waals surface area contributed by atoms with Crippen molar-refractivity contribution in [2.45, 2.75) is 19.3 Å². The number of nitro groups is 1.